The zero-order valence-corrected chi connectivity index (χ0v) is 30.7. The fraction of sp³-hybridized carbons (Fsp3) is 0.0588. The van der Waals surface area contributed by atoms with Crippen LogP contribution in [0.25, 0.3) is 11.1 Å². The van der Waals surface area contributed by atoms with E-state index >= 15 is 0 Å². The van der Waals surface area contributed by atoms with E-state index in [2.05, 4.69) is 214 Å². The van der Waals surface area contributed by atoms with E-state index in [-0.39, 0.29) is 18.7 Å². The second-order valence-electron chi connectivity index (χ2n) is 14.7. The van der Waals surface area contributed by atoms with Gasteiger partial charge < -0.3 is 14.5 Å². The standard InChI is InChI=1S/C51H36BN3O/c1-5-17-36(18-6-1)37-20-15-27-42(33-37)55-47-29-16-28-46-50(47)52(45-34-38-19-13-14-30-49(38)56-51(45)55)44-32-31-43(35-48(44)54(46)41-25-11-4-12-26-41)53(39-21-7-2-8-22-39)40-23-9-3-10-24-40/h1-11,13-25,27-33,35,38,49H,34H2. The topological polar surface area (TPSA) is 19.0 Å². The van der Waals surface area contributed by atoms with Crippen LogP contribution in [0, 0.1) is 5.92 Å². The van der Waals surface area contributed by atoms with Crippen LogP contribution in [0.1, 0.15) is 6.42 Å². The molecule has 11 rings (SSSR count). The van der Waals surface area contributed by atoms with Crippen molar-refractivity contribution in [2.24, 2.45) is 5.92 Å². The summed E-state index contributed by atoms with van der Waals surface area (Å²) in [5.74, 6) is 1.18. The molecule has 0 saturated carbocycles. The molecule has 0 radical (unpaired) electrons. The van der Waals surface area contributed by atoms with Gasteiger partial charge in [0.05, 0.1) is 5.70 Å². The lowest BCUT2D eigenvalue weighted by Gasteiger charge is -2.48. The molecule has 0 N–H and O–H groups in total. The molecule has 3 aliphatic heterocycles. The van der Waals surface area contributed by atoms with Crippen LogP contribution >= 0.6 is 0 Å². The van der Waals surface area contributed by atoms with Gasteiger partial charge in [0.2, 0.25) is 0 Å². The lowest BCUT2D eigenvalue weighted by atomic mass is 9.32. The number of nitrogens with zero attached hydrogens (tertiary/aromatic N) is 3. The van der Waals surface area contributed by atoms with Crippen LogP contribution in [0.5, 0.6) is 0 Å². The summed E-state index contributed by atoms with van der Waals surface area (Å²) in [5, 5.41) is 0. The van der Waals surface area contributed by atoms with Gasteiger partial charge in [0.25, 0.3) is 6.71 Å². The first kappa shape index (κ1) is 32.3. The van der Waals surface area contributed by atoms with E-state index in [4.69, 9.17) is 4.74 Å². The van der Waals surface area contributed by atoms with Crippen molar-refractivity contribution in [1.29, 1.82) is 0 Å². The predicted octanol–water partition coefficient (Wildman–Crippen LogP) is 11.1. The van der Waals surface area contributed by atoms with Gasteiger partial charge in [-0.05, 0) is 119 Å². The molecule has 0 fully saturated rings. The zero-order valence-electron chi connectivity index (χ0n) is 30.7. The number of benzene rings is 6. The number of para-hydroxylation sites is 2. The number of anilines is 7. The summed E-state index contributed by atoms with van der Waals surface area (Å²) in [4.78, 5) is 7.11. The van der Waals surface area contributed by atoms with Gasteiger partial charge in [-0.25, -0.2) is 0 Å². The largest absolute Gasteiger partial charge is 0.471 e. The average molecular weight is 718 g/mol. The Morgan fingerprint density at radius 1 is 0.607 bits per heavy atom. The first-order chi connectivity index (χ1) is 27.8. The molecule has 5 heteroatoms. The first-order valence-electron chi connectivity index (χ1n) is 19.4. The third-order valence-corrected chi connectivity index (χ3v) is 11.5. The SMILES string of the molecule is C1=C=C(N2c3cc(N(c4ccccc4)c4ccccc4)ccc3B3C4=C(OC5C=CC=CC5C4)N(c4cccc(-c5ccccc5)c4)c4cccc2c43)C=CC=1. The summed E-state index contributed by atoms with van der Waals surface area (Å²) in [6.45, 7) is -0.0140. The third-order valence-electron chi connectivity index (χ3n) is 11.5. The summed E-state index contributed by atoms with van der Waals surface area (Å²) >= 11 is 0. The molecule has 6 aromatic rings. The first-order valence-corrected chi connectivity index (χ1v) is 19.4. The zero-order chi connectivity index (χ0) is 37.0. The predicted molar refractivity (Wildman–Crippen MR) is 231 cm³/mol. The fourth-order valence-electron chi connectivity index (χ4n) is 9.07. The Morgan fingerprint density at radius 2 is 1.30 bits per heavy atom. The Hall–Kier alpha value is -7.16. The van der Waals surface area contributed by atoms with Crippen molar-refractivity contribution in [2.75, 3.05) is 14.7 Å². The van der Waals surface area contributed by atoms with E-state index < -0.39 is 0 Å². The highest BCUT2D eigenvalue weighted by atomic mass is 16.5. The maximum absolute atomic E-state index is 7.20. The van der Waals surface area contributed by atoms with E-state index in [1.807, 2.05) is 6.08 Å². The molecule has 3 heterocycles. The van der Waals surface area contributed by atoms with Crippen molar-refractivity contribution in [3.63, 3.8) is 0 Å². The molecule has 0 saturated heterocycles. The Balaban J connectivity index is 1.16. The lowest BCUT2D eigenvalue weighted by molar-refractivity contribution is 0.0976. The minimum atomic E-state index is -0.0371. The molecule has 264 valence electrons. The molecule has 5 aliphatic rings. The van der Waals surface area contributed by atoms with Crippen LogP contribution in [-0.4, -0.2) is 12.8 Å². The summed E-state index contributed by atoms with van der Waals surface area (Å²) in [7, 11) is 0. The van der Waals surface area contributed by atoms with Crippen molar-refractivity contribution in [2.45, 2.75) is 12.5 Å². The molecule has 0 bridgehead atoms. The van der Waals surface area contributed by atoms with E-state index in [1.54, 1.807) is 0 Å². The maximum Gasteiger partial charge on any atom is 0.251 e. The van der Waals surface area contributed by atoms with Crippen molar-refractivity contribution in [3.05, 3.63) is 223 Å². The van der Waals surface area contributed by atoms with Gasteiger partial charge >= 0.3 is 0 Å². The summed E-state index contributed by atoms with van der Waals surface area (Å²) in [5.41, 5.74) is 21.6. The van der Waals surface area contributed by atoms with Gasteiger partial charge in [0.15, 0.2) is 5.88 Å². The molecule has 2 atom stereocenters. The quantitative estimate of drug-likeness (QED) is 0.126. The van der Waals surface area contributed by atoms with Crippen molar-refractivity contribution >= 4 is 57.5 Å². The fourth-order valence-corrected chi connectivity index (χ4v) is 9.07. The Morgan fingerprint density at radius 3 is 2.05 bits per heavy atom. The van der Waals surface area contributed by atoms with Crippen molar-refractivity contribution in [1.82, 2.24) is 0 Å². The van der Waals surface area contributed by atoms with Crippen LogP contribution in [-0.2, 0) is 4.74 Å². The molecular weight excluding hydrogens is 681 g/mol. The monoisotopic (exact) mass is 717 g/mol. The van der Waals surface area contributed by atoms with Gasteiger partial charge in [0.1, 0.15) is 6.10 Å². The molecule has 0 amide bonds. The number of hydrogen-bond acceptors (Lipinski definition) is 4. The number of hydrogen-bond donors (Lipinski definition) is 0. The van der Waals surface area contributed by atoms with Crippen molar-refractivity contribution in [3.8, 4) is 11.1 Å². The van der Waals surface area contributed by atoms with Crippen molar-refractivity contribution < 1.29 is 4.74 Å². The Bertz CT molecular complexity index is 2720. The Kier molecular flexibility index (Phi) is 7.67. The van der Waals surface area contributed by atoms with E-state index in [1.165, 1.54) is 27.5 Å². The van der Waals surface area contributed by atoms with Crippen LogP contribution in [0.3, 0.4) is 0 Å². The van der Waals surface area contributed by atoms with E-state index in [0.717, 1.165) is 57.8 Å². The van der Waals surface area contributed by atoms with Gasteiger partial charge in [-0.3, -0.25) is 4.90 Å². The minimum absolute atomic E-state index is 0.0140. The maximum atomic E-state index is 7.20. The second kappa shape index (κ2) is 13.3. The summed E-state index contributed by atoms with van der Waals surface area (Å²) < 4.78 is 7.20. The smallest absolute Gasteiger partial charge is 0.251 e. The average Bonchev–Trinajstić information content (AvgIpc) is 3.27. The number of allylic oxidation sites excluding steroid dienone is 6. The molecule has 2 aliphatic carbocycles. The summed E-state index contributed by atoms with van der Waals surface area (Å²) in [6, 6.07) is 54.5. The van der Waals surface area contributed by atoms with Crippen LogP contribution in [0.2, 0.25) is 0 Å². The van der Waals surface area contributed by atoms with Crippen LogP contribution < -0.4 is 25.6 Å². The minimum Gasteiger partial charge on any atom is -0.471 e. The molecule has 0 spiro atoms. The normalized spacial score (nSPS) is 18.1. The van der Waals surface area contributed by atoms with E-state index in [0.29, 0.717) is 0 Å². The van der Waals surface area contributed by atoms with Gasteiger partial charge in [-0.2, -0.15) is 0 Å². The molecule has 0 aromatic heterocycles. The second-order valence-corrected chi connectivity index (χ2v) is 14.7. The third kappa shape index (κ3) is 5.26. The van der Waals surface area contributed by atoms with E-state index in [9.17, 15) is 0 Å². The molecule has 4 nitrogen and oxygen atoms in total. The van der Waals surface area contributed by atoms with Gasteiger partial charge in [-0.1, -0.05) is 121 Å². The highest BCUT2D eigenvalue weighted by Gasteiger charge is 2.48. The summed E-state index contributed by atoms with van der Waals surface area (Å²) in [6.07, 6.45) is 15.8. The highest BCUT2D eigenvalue weighted by molar-refractivity contribution is 6.95. The lowest BCUT2D eigenvalue weighted by Crippen LogP contribution is -2.58. The number of rotatable bonds is 6. The molecular formula is C51H36BN3O. The molecule has 56 heavy (non-hydrogen) atoms. The van der Waals surface area contributed by atoms with Gasteiger partial charge in [-0.15, -0.1) is 0 Å². The molecule has 2 unspecified atom stereocenters. The number of ether oxygens (including phenoxy) is 1. The molecule has 6 aromatic carbocycles. The van der Waals surface area contributed by atoms with Crippen LogP contribution in [0.4, 0.5) is 39.8 Å². The van der Waals surface area contributed by atoms with Gasteiger partial charge in [0, 0.05) is 45.7 Å². The van der Waals surface area contributed by atoms with Crippen LogP contribution in [0.15, 0.2) is 223 Å². The Labute approximate surface area is 328 Å². The highest BCUT2D eigenvalue weighted by Crippen LogP contribution is 2.48. The number of fused-ring (bicyclic) bond motifs is 4.